The van der Waals surface area contributed by atoms with Gasteiger partial charge in [0.1, 0.15) is 17.3 Å². The van der Waals surface area contributed by atoms with Gasteiger partial charge >= 0.3 is 0 Å². The van der Waals surface area contributed by atoms with Crippen molar-refractivity contribution in [2.24, 2.45) is 0 Å². The number of hydrogen-bond acceptors (Lipinski definition) is 4. The van der Waals surface area contributed by atoms with E-state index in [2.05, 4.69) is 5.32 Å². The molecule has 162 valence electrons. The predicted molar refractivity (Wildman–Crippen MR) is 122 cm³/mol. The average Bonchev–Trinajstić information content (AvgIpc) is 3.01. The first-order valence-electron chi connectivity index (χ1n) is 10.1. The Labute approximate surface area is 190 Å². The van der Waals surface area contributed by atoms with Crippen molar-refractivity contribution in [2.75, 3.05) is 11.9 Å². The molecule has 1 N–H and O–H groups in total. The van der Waals surface area contributed by atoms with Crippen molar-refractivity contribution < 1.29 is 18.7 Å². The molecule has 0 aliphatic carbocycles. The summed E-state index contributed by atoms with van der Waals surface area (Å²) in [7, 11) is 0. The minimum absolute atomic E-state index is 0.0870. The molecule has 1 heterocycles. The summed E-state index contributed by atoms with van der Waals surface area (Å²) < 4.78 is 19.0. The maximum absolute atomic E-state index is 13.5. The first-order valence-corrected chi connectivity index (χ1v) is 10.4. The van der Waals surface area contributed by atoms with Gasteiger partial charge in [0.25, 0.3) is 11.8 Å². The van der Waals surface area contributed by atoms with E-state index in [1.807, 2.05) is 6.92 Å². The van der Waals surface area contributed by atoms with Crippen LogP contribution in [0.3, 0.4) is 0 Å². The fourth-order valence-electron chi connectivity index (χ4n) is 3.47. The minimum Gasteiger partial charge on any atom is -0.494 e. The number of benzene rings is 3. The van der Waals surface area contributed by atoms with Crippen LogP contribution in [0, 0.1) is 5.82 Å². The molecule has 0 fully saturated rings. The van der Waals surface area contributed by atoms with E-state index in [-0.39, 0.29) is 17.8 Å². The van der Waals surface area contributed by atoms with Crippen LogP contribution in [0.2, 0.25) is 5.02 Å². The second-order valence-corrected chi connectivity index (χ2v) is 7.60. The molecule has 0 aromatic heterocycles. The number of hydrogen-bond donors (Lipinski definition) is 1. The van der Waals surface area contributed by atoms with Crippen molar-refractivity contribution >= 4 is 34.7 Å². The van der Waals surface area contributed by atoms with Crippen LogP contribution in [0.15, 0.2) is 78.5 Å². The van der Waals surface area contributed by atoms with Gasteiger partial charge < -0.3 is 10.1 Å². The summed E-state index contributed by atoms with van der Waals surface area (Å²) in [6, 6.07) is 19.5. The molecular weight excluding hydrogens is 431 g/mol. The van der Waals surface area contributed by atoms with E-state index in [0.29, 0.717) is 28.6 Å². The van der Waals surface area contributed by atoms with E-state index in [9.17, 15) is 14.0 Å². The number of halogens is 2. The molecule has 0 atom stereocenters. The quantitative estimate of drug-likeness (QED) is 0.498. The van der Waals surface area contributed by atoms with Crippen LogP contribution in [0.25, 0.3) is 5.57 Å². The zero-order chi connectivity index (χ0) is 22.7. The fraction of sp³-hybridized carbons (Fsp3) is 0.120. The fourth-order valence-corrected chi connectivity index (χ4v) is 3.59. The first-order chi connectivity index (χ1) is 15.5. The highest BCUT2D eigenvalue weighted by Crippen LogP contribution is 2.32. The lowest BCUT2D eigenvalue weighted by Gasteiger charge is -2.15. The van der Waals surface area contributed by atoms with E-state index >= 15 is 0 Å². The van der Waals surface area contributed by atoms with Gasteiger partial charge in [-0.15, -0.1) is 0 Å². The zero-order valence-electron chi connectivity index (χ0n) is 17.3. The van der Waals surface area contributed by atoms with Crippen LogP contribution >= 0.6 is 11.6 Å². The highest BCUT2D eigenvalue weighted by Gasteiger charge is 2.39. The van der Waals surface area contributed by atoms with Crippen molar-refractivity contribution in [3.63, 3.8) is 0 Å². The van der Waals surface area contributed by atoms with E-state index in [0.717, 1.165) is 10.5 Å². The SMILES string of the molecule is CCOc1cccc(NC2=C(c3ccc(F)cc3)C(=O)N(Cc3ccc(Cl)cc3)C2=O)c1. The smallest absolute Gasteiger partial charge is 0.278 e. The largest absolute Gasteiger partial charge is 0.494 e. The number of ether oxygens (including phenoxy) is 1. The van der Waals surface area contributed by atoms with Gasteiger partial charge in [-0.3, -0.25) is 14.5 Å². The van der Waals surface area contributed by atoms with Crippen LogP contribution in [0.5, 0.6) is 5.75 Å². The van der Waals surface area contributed by atoms with Crippen molar-refractivity contribution in [3.05, 3.63) is 100 Å². The standard InChI is InChI=1S/C25H20ClFN2O3/c1-2-32-21-5-3-4-20(14-21)28-23-22(17-8-12-19(27)13-9-17)24(30)29(25(23)31)15-16-6-10-18(26)11-7-16/h3-14,28H,2,15H2,1H3. The summed E-state index contributed by atoms with van der Waals surface area (Å²) in [4.78, 5) is 27.8. The first kappa shape index (κ1) is 21.6. The maximum atomic E-state index is 13.5. The Hall–Kier alpha value is -3.64. The van der Waals surface area contributed by atoms with E-state index in [4.69, 9.17) is 16.3 Å². The lowest BCUT2D eigenvalue weighted by atomic mass is 10.0. The van der Waals surface area contributed by atoms with Gasteiger partial charge in [-0.2, -0.15) is 0 Å². The molecule has 1 aliphatic heterocycles. The zero-order valence-corrected chi connectivity index (χ0v) is 18.0. The Morgan fingerprint density at radius 1 is 0.969 bits per heavy atom. The van der Waals surface area contributed by atoms with Crippen LogP contribution < -0.4 is 10.1 Å². The van der Waals surface area contributed by atoms with Crippen LogP contribution in [-0.2, 0) is 16.1 Å². The Morgan fingerprint density at radius 3 is 2.38 bits per heavy atom. The van der Waals surface area contributed by atoms with Gasteiger partial charge in [0.15, 0.2) is 0 Å². The third kappa shape index (κ3) is 4.50. The molecule has 1 aliphatic rings. The molecule has 2 amide bonds. The molecule has 7 heteroatoms. The Balaban J connectivity index is 1.71. The molecular formula is C25H20ClFN2O3. The number of anilines is 1. The van der Waals surface area contributed by atoms with Gasteiger partial charge in [-0.25, -0.2) is 4.39 Å². The topological polar surface area (TPSA) is 58.6 Å². The Kier molecular flexibility index (Phi) is 6.23. The third-order valence-corrected chi connectivity index (χ3v) is 5.22. The third-order valence-electron chi connectivity index (χ3n) is 4.97. The van der Waals surface area contributed by atoms with E-state index < -0.39 is 17.6 Å². The van der Waals surface area contributed by atoms with Crippen LogP contribution in [0.4, 0.5) is 10.1 Å². The molecule has 0 radical (unpaired) electrons. The molecule has 5 nitrogen and oxygen atoms in total. The summed E-state index contributed by atoms with van der Waals surface area (Å²) in [6.07, 6.45) is 0. The minimum atomic E-state index is -0.467. The van der Waals surface area contributed by atoms with E-state index in [1.54, 1.807) is 48.5 Å². The molecule has 4 rings (SSSR count). The number of carbonyl (C=O) groups is 2. The second-order valence-electron chi connectivity index (χ2n) is 7.17. The number of nitrogens with zero attached hydrogens (tertiary/aromatic N) is 1. The number of amides is 2. The molecule has 0 saturated carbocycles. The van der Waals surface area contributed by atoms with Gasteiger partial charge in [0, 0.05) is 16.8 Å². The van der Waals surface area contributed by atoms with Gasteiger partial charge in [-0.1, -0.05) is 41.9 Å². The molecule has 3 aromatic carbocycles. The molecule has 32 heavy (non-hydrogen) atoms. The van der Waals surface area contributed by atoms with E-state index in [1.165, 1.54) is 24.3 Å². The maximum Gasteiger partial charge on any atom is 0.278 e. The highest BCUT2D eigenvalue weighted by molar-refractivity contribution is 6.36. The molecule has 3 aromatic rings. The Bertz CT molecular complexity index is 1190. The molecule has 0 spiro atoms. The summed E-state index contributed by atoms with van der Waals surface area (Å²) >= 11 is 5.94. The van der Waals surface area contributed by atoms with Crippen molar-refractivity contribution in [1.29, 1.82) is 0 Å². The predicted octanol–water partition coefficient (Wildman–Crippen LogP) is 5.27. The molecule has 0 saturated heterocycles. The normalized spacial score (nSPS) is 13.7. The summed E-state index contributed by atoms with van der Waals surface area (Å²) in [6.45, 7) is 2.46. The monoisotopic (exact) mass is 450 g/mol. The van der Waals surface area contributed by atoms with Gasteiger partial charge in [0.2, 0.25) is 0 Å². The Morgan fingerprint density at radius 2 is 1.69 bits per heavy atom. The number of rotatable bonds is 7. The van der Waals surface area contributed by atoms with Gasteiger partial charge in [-0.05, 0) is 54.4 Å². The molecule has 0 bridgehead atoms. The average molecular weight is 451 g/mol. The van der Waals surface area contributed by atoms with Crippen molar-refractivity contribution in [3.8, 4) is 5.75 Å². The molecule has 0 unspecified atom stereocenters. The van der Waals surface area contributed by atoms with Crippen LogP contribution in [-0.4, -0.2) is 23.3 Å². The highest BCUT2D eigenvalue weighted by atomic mass is 35.5. The second kappa shape index (κ2) is 9.24. The van der Waals surface area contributed by atoms with Crippen molar-refractivity contribution in [1.82, 2.24) is 4.90 Å². The van der Waals surface area contributed by atoms with Crippen LogP contribution in [0.1, 0.15) is 18.1 Å². The number of nitrogens with one attached hydrogen (secondary N) is 1. The lowest BCUT2D eigenvalue weighted by Crippen LogP contribution is -2.32. The summed E-state index contributed by atoms with van der Waals surface area (Å²) in [5.74, 6) is -0.717. The summed E-state index contributed by atoms with van der Waals surface area (Å²) in [5.41, 5.74) is 2.12. The lowest BCUT2D eigenvalue weighted by molar-refractivity contribution is -0.137. The number of imide groups is 1. The van der Waals surface area contributed by atoms with Gasteiger partial charge in [0.05, 0.1) is 18.7 Å². The van der Waals surface area contributed by atoms with Crippen molar-refractivity contribution in [2.45, 2.75) is 13.5 Å². The summed E-state index contributed by atoms with van der Waals surface area (Å²) in [5, 5.41) is 3.64. The number of carbonyl (C=O) groups excluding carboxylic acids is 2.